The summed E-state index contributed by atoms with van der Waals surface area (Å²) in [7, 11) is 0. The highest BCUT2D eigenvalue weighted by atomic mass is 32.1. The minimum atomic E-state index is 0.128. The maximum Gasteiger partial charge on any atom is 0.181 e. The summed E-state index contributed by atoms with van der Waals surface area (Å²) < 4.78 is 0.924. The molecule has 0 saturated carbocycles. The van der Waals surface area contributed by atoms with Gasteiger partial charge in [-0.2, -0.15) is 5.26 Å². The molecule has 0 atom stereocenters. The number of hydrogen-bond acceptors (Lipinski definition) is 5. The Morgan fingerprint density at radius 1 is 1.17 bits per heavy atom. The van der Waals surface area contributed by atoms with Gasteiger partial charge >= 0.3 is 0 Å². The van der Waals surface area contributed by atoms with Crippen molar-refractivity contribution < 1.29 is 5.11 Å². The molecule has 0 radical (unpaired) electrons. The van der Waals surface area contributed by atoms with Crippen molar-refractivity contribution in [1.82, 2.24) is 4.98 Å². The van der Waals surface area contributed by atoms with Crippen LogP contribution in [0.25, 0.3) is 32.2 Å². The third-order valence-electron chi connectivity index (χ3n) is 3.82. The zero-order valence-corrected chi connectivity index (χ0v) is 12.5. The summed E-state index contributed by atoms with van der Waals surface area (Å²) in [6.45, 7) is 0. The smallest absolute Gasteiger partial charge is 0.181 e. The monoisotopic (exact) mass is 319 g/mol. The zero-order valence-electron chi connectivity index (χ0n) is 11.7. The molecule has 110 valence electrons. The Labute approximate surface area is 134 Å². The molecule has 2 aromatic carbocycles. The first-order valence-electron chi connectivity index (χ1n) is 6.83. The Kier molecular flexibility index (Phi) is 2.89. The third-order valence-corrected chi connectivity index (χ3v) is 4.79. The first-order valence-corrected chi connectivity index (χ1v) is 7.64. The van der Waals surface area contributed by atoms with Gasteiger partial charge in [-0.05, 0) is 29.4 Å². The number of H-pyrrole nitrogens is 1. The number of nitroso groups, excluding NO2 is 1. The number of nitrogens with one attached hydrogen (secondary N) is 1. The van der Waals surface area contributed by atoms with Crippen LogP contribution in [0, 0.1) is 16.2 Å². The van der Waals surface area contributed by atoms with Gasteiger partial charge in [0.1, 0.15) is 5.69 Å². The topological polar surface area (TPSA) is 89.2 Å². The molecule has 5 nitrogen and oxygen atoms in total. The molecule has 0 amide bonds. The van der Waals surface area contributed by atoms with Gasteiger partial charge in [-0.3, -0.25) is 0 Å². The van der Waals surface area contributed by atoms with Crippen molar-refractivity contribution in [3.8, 4) is 22.4 Å². The summed E-state index contributed by atoms with van der Waals surface area (Å²) >= 11 is 1.25. The number of thiophene rings is 1. The van der Waals surface area contributed by atoms with E-state index in [-0.39, 0.29) is 10.8 Å². The van der Waals surface area contributed by atoms with Crippen LogP contribution in [0.4, 0.5) is 5.69 Å². The summed E-state index contributed by atoms with van der Waals surface area (Å²) in [4.78, 5) is 14.6. The second-order valence-corrected chi connectivity index (χ2v) is 6.12. The molecule has 0 saturated heterocycles. The molecule has 2 N–H and O–H groups in total. The zero-order chi connectivity index (χ0) is 16.0. The second kappa shape index (κ2) is 4.93. The number of nitriles is 1. The number of fused-ring (bicyclic) bond motifs is 2. The van der Waals surface area contributed by atoms with Crippen LogP contribution >= 0.6 is 11.3 Å². The van der Waals surface area contributed by atoms with Crippen molar-refractivity contribution in [2.45, 2.75) is 0 Å². The fourth-order valence-electron chi connectivity index (χ4n) is 2.80. The average molecular weight is 319 g/mol. The van der Waals surface area contributed by atoms with Crippen LogP contribution in [0.2, 0.25) is 0 Å². The summed E-state index contributed by atoms with van der Waals surface area (Å²) in [6.07, 6.45) is 0. The molecule has 0 aliphatic rings. The van der Waals surface area contributed by atoms with E-state index in [0.717, 1.165) is 10.1 Å². The van der Waals surface area contributed by atoms with Crippen molar-refractivity contribution in [2.24, 2.45) is 5.18 Å². The molecule has 6 heteroatoms. The van der Waals surface area contributed by atoms with E-state index < -0.39 is 0 Å². The van der Waals surface area contributed by atoms with E-state index in [9.17, 15) is 10.0 Å². The van der Waals surface area contributed by atoms with Crippen LogP contribution in [-0.2, 0) is 0 Å². The molecule has 23 heavy (non-hydrogen) atoms. The van der Waals surface area contributed by atoms with Crippen molar-refractivity contribution in [2.75, 3.05) is 0 Å². The van der Waals surface area contributed by atoms with Crippen LogP contribution in [0.1, 0.15) is 5.56 Å². The highest BCUT2D eigenvalue weighted by Crippen LogP contribution is 2.48. The third kappa shape index (κ3) is 1.91. The van der Waals surface area contributed by atoms with Gasteiger partial charge < -0.3 is 10.1 Å². The summed E-state index contributed by atoms with van der Waals surface area (Å²) in [6, 6.07) is 14.6. The fourth-order valence-corrected chi connectivity index (χ4v) is 3.75. The van der Waals surface area contributed by atoms with Crippen molar-refractivity contribution >= 4 is 38.0 Å². The van der Waals surface area contributed by atoms with Gasteiger partial charge in [0.05, 0.1) is 22.9 Å². The van der Waals surface area contributed by atoms with Gasteiger partial charge in [0.25, 0.3) is 0 Å². The lowest BCUT2D eigenvalue weighted by Gasteiger charge is -1.98. The van der Waals surface area contributed by atoms with Gasteiger partial charge in [-0.15, -0.1) is 4.91 Å². The molecular weight excluding hydrogens is 310 g/mol. The Hall–Kier alpha value is -3.17. The lowest BCUT2D eigenvalue weighted by Crippen LogP contribution is -1.76. The number of hydrogen-bond donors (Lipinski definition) is 2. The van der Waals surface area contributed by atoms with Gasteiger partial charge in [0.15, 0.2) is 5.06 Å². The van der Waals surface area contributed by atoms with Gasteiger partial charge in [-0.25, -0.2) is 0 Å². The summed E-state index contributed by atoms with van der Waals surface area (Å²) in [5.41, 5.74) is 2.39. The van der Waals surface area contributed by atoms with E-state index in [0.29, 0.717) is 27.7 Å². The number of aromatic hydroxyl groups is 1. The van der Waals surface area contributed by atoms with E-state index in [4.69, 9.17) is 5.26 Å². The number of rotatable bonds is 2. The second-order valence-electron chi connectivity index (χ2n) is 5.09. The first-order chi connectivity index (χ1) is 11.2. The fraction of sp³-hybridized carbons (Fsp3) is 0. The molecule has 0 fully saturated rings. The van der Waals surface area contributed by atoms with Crippen molar-refractivity contribution in [3.05, 3.63) is 52.9 Å². The SMILES string of the molecule is N#Cc1ccc2[nH]c(-c3c(O)sc4ccccc34)c(N=O)c2c1. The first kappa shape index (κ1) is 13.5. The highest BCUT2D eigenvalue weighted by Gasteiger charge is 2.21. The normalized spacial score (nSPS) is 10.9. The van der Waals surface area contributed by atoms with E-state index in [1.807, 2.05) is 24.3 Å². The molecule has 0 aliphatic heterocycles. The van der Waals surface area contributed by atoms with Crippen LogP contribution in [0.3, 0.4) is 0 Å². The number of benzene rings is 2. The maximum absolute atomic E-state index is 11.4. The molecule has 0 spiro atoms. The number of aromatic amines is 1. The number of aromatic nitrogens is 1. The van der Waals surface area contributed by atoms with Crippen LogP contribution in [0.5, 0.6) is 5.06 Å². The maximum atomic E-state index is 11.4. The van der Waals surface area contributed by atoms with Gasteiger partial charge in [0.2, 0.25) is 0 Å². The highest BCUT2D eigenvalue weighted by molar-refractivity contribution is 7.21. The molecule has 2 aromatic heterocycles. The number of nitrogens with zero attached hydrogens (tertiary/aromatic N) is 2. The predicted molar refractivity (Wildman–Crippen MR) is 91.0 cm³/mol. The van der Waals surface area contributed by atoms with Gasteiger partial charge in [0, 0.05) is 21.0 Å². The summed E-state index contributed by atoms with van der Waals surface area (Å²) in [5.74, 6) is 0. The molecular formula is C17H9N3O2S. The Morgan fingerprint density at radius 2 is 2.00 bits per heavy atom. The standard InChI is InChI=1S/C17H9N3O2S/c18-8-9-5-6-12-11(7-9)15(20-22)16(19-12)14-10-3-1-2-4-13(10)23-17(14)21/h1-7,19,21H. The molecule has 2 heterocycles. The Morgan fingerprint density at radius 3 is 2.78 bits per heavy atom. The van der Waals surface area contributed by atoms with E-state index in [1.165, 1.54) is 11.3 Å². The largest absolute Gasteiger partial charge is 0.499 e. The Balaban J connectivity index is 2.11. The van der Waals surface area contributed by atoms with Crippen LogP contribution < -0.4 is 0 Å². The van der Waals surface area contributed by atoms with Crippen molar-refractivity contribution in [3.63, 3.8) is 0 Å². The van der Waals surface area contributed by atoms with E-state index in [2.05, 4.69) is 16.2 Å². The van der Waals surface area contributed by atoms with E-state index in [1.54, 1.807) is 18.2 Å². The predicted octanol–water partition coefficient (Wildman–Crippen LogP) is 5.02. The minimum Gasteiger partial charge on any atom is -0.499 e. The minimum absolute atomic E-state index is 0.128. The molecule has 0 aliphatic carbocycles. The summed E-state index contributed by atoms with van der Waals surface area (Å²) in [5, 5.41) is 24.1. The van der Waals surface area contributed by atoms with Crippen LogP contribution in [-0.4, -0.2) is 10.1 Å². The lowest BCUT2D eigenvalue weighted by atomic mass is 10.1. The Bertz CT molecular complexity index is 1120. The lowest BCUT2D eigenvalue weighted by molar-refractivity contribution is 0.493. The molecule has 0 bridgehead atoms. The average Bonchev–Trinajstić information content (AvgIpc) is 3.09. The van der Waals surface area contributed by atoms with Gasteiger partial charge in [-0.1, -0.05) is 29.5 Å². The van der Waals surface area contributed by atoms with Crippen molar-refractivity contribution in [1.29, 1.82) is 5.26 Å². The molecule has 4 aromatic rings. The van der Waals surface area contributed by atoms with Crippen LogP contribution in [0.15, 0.2) is 47.6 Å². The molecule has 0 unspecified atom stereocenters. The van der Waals surface area contributed by atoms with E-state index >= 15 is 0 Å². The molecule has 4 rings (SSSR count). The quantitative estimate of drug-likeness (QED) is 0.508.